The first kappa shape index (κ1) is 19.5. The predicted octanol–water partition coefficient (Wildman–Crippen LogP) is 4.74. The number of aromatic hydroxyl groups is 1. The molecule has 0 aromatic heterocycles. The maximum atomic E-state index is 14.8. The summed E-state index contributed by atoms with van der Waals surface area (Å²) in [5.74, 6) is -1.22. The molecule has 4 nitrogen and oxygen atoms in total. The lowest BCUT2D eigenvalue weighted by Crippen LogP contribution is -2.09. The summed E-state index contributed by atoms with van der Waals surface area (Å²) in [5, 5.41) is 18.6. The second-order valence-corrected chi connectivity index (χ2v) is 6.58. The zero-order chi connectivity index (χ0) is 19.4. The lowest BCUT2D eigenvalue weighted by atomic mass is 9.92. The van der Waals surface area contributed by atoms with Crippen molar-refractivity contribution in [1.82, 2.24) is 0 Å². The molecule has 2 rings (SSSR count). The van der Waals surface area contributed by atoms with Gasteiger partial charge in [-0.2, -0.15) is 0 Å². The van der Waals surface area contributed by atoms with Crippen LogP contribution in [-0.4, -0.2) is 22.8 Å². The number of ether oxygens (including phenoxy) is 1. The van der Waals surface area contributed by atoms with Crippen molar-refractivity contribution in [3.8, 4) is 11.5 Å². The van der Waals surface area contributed by atoms with E-state index >= 15 is 0 Å². The summed E-state index contributed by atoms with van der Waals surface area (Å²) in [7, 11) is 0. The van der Waals surface area contributed by atoms with Crippen molar-refractivity contribution in [2.45, 2.75) is 33.1 Å². The topological polar surface area (TPSA) is 66.8 Å². The van der Waals surface area contributed by atoms with Crippen molar-refractivity contribution in [2.24, 2.45) is 0 Å². The van der Waals surface area contributed by atoms with E-state index in [9.17, 15) is 14.3 Å². The van der Waals surface area contributed by atoms with Crippen molar-refractivity contribution in [3.05, 3.63) is 65.0 Å². The van der Waals surface area contributed by atoms with E-state index in [1.807, 2.05) is 20.8 Å². The number of hydrogen-bond donors (Lipinski definition) is 2. The number of phenols is 1. The van der Waals surface area contributed by atoms with Crippen LogP contribution in [0.3, 0.4) is 0 Å². The third kappa shape index (κ3) is 4.42. The molecule has 138 valence electrons. The average molecular weight is 358 g/mol. The van der Waals surface area contributed by atoms with Gasteiger partial charge in [0.15, 0.2) is 6.61 Å². The van der Waals surface area contributed by atoms with Gasteiger partial charge >= 0.3 is 5.97 Å². The van der Waals surface area contributed by atoms with Crippen LogP contribution >= 0.6 is 0 Å². The summed E-state index contributed by atoms with van der Waals surface area (Å²) in [6, 6.07) is 8.24. The number of carboxylic acid groups (broad SMARTS) is 1. The summed E-state index contributed by atoms with van der Waals surface area (Å²) in [4.78, 5) is 10.6. The van der Waals surface area contributed by atoms with Gasteiger partial charge < -0.3 is 14.9 Å². The molecule has 0 saturated carbocycles. The van der Waals surface area contributed by atoms with Crippen LogP contribution in [0.5, 0.6) is 11.5 Å². The molecule has 2 N–H and O–H groups in total. The fourth-order valence-corrected chi connectivity index (χ4v) is 2.86. The largest absolute Gasteiger partial charge is 0.508 e. The number of phenolic OH excluding ortho intramolecular Hbond substituents is 1. The van der Waals surface area contributed by atoms with E-state index in [-0.39, 0.29) is 11.7 Å². The normalized spacial score (nSPS) is 10.8. The summed E-state index contributed by atoms with van der Waals surface area (Å²) >= 11 is 0. The van der Waals surface area contributed by atoms with Crippen molar-refractivity contribution in [2.75, 3.05) is 6.61 Å². The van der Waals surface area contributed by atoms with Crippen LogP contribution in [0.4, 0.5) is 4.39 Å². The van der Waals surface area contributed by atoms with Gasteiger partial charge in [-0.3, -0.25) is 0 Å². The van der Waals surface area contributed by atoms with Crippen molar-refractivity contribution < 1.29 is 24.1 Å². The third-order valence-corrected chi connectivity index (χ3v) is 4.10. The summed E-state index contributed by atoms with van der Waals surface area (Å²) in [6.45, 7) is 8.99. The van der Waals surface area contributed by atoms with Crippen molar-refractivity contribution >= 4 is 11.5 Å². The SMILES string of the molecule is C=C(C)c1cc(OCC(=O)O)ccc1Cc1ccc(O)c(C(C)C)c1F. The molecular weight excluding hydrogens is 335 g/mol. The Morgan fingerprint density at radius 2 is 1.88 bits per heavy atom. The molecule has 0 heterocycles. The highest BCUT2D eigenvalue weighted by Gasteiger charge is 2.17. The number of hydrogen-bond acceptors (Lipinski definition) is 3. The molecule has 2 aromatic rings. The quantitative estimate of drug-likeness (QED) is 0.750. The molecule has 0 bridgehead atoms. The molecule has 0 fully saturated rings. The molecule has 0 aliphatic rings. The van der Waals surface area contributed by atoms with Gasteiger partial charge in [0, 0.05) is 12.0 Å². The van der Waals surface area contributed by atoms with Crippen LogP contribution in [0.2, 0.25) is 0 Å². The number of carbonyl (C=O) groups is 1. The zero-order valence-corrected chi connectivity index (χ0v) is 15.2. The van der Waals surface area contributed by atoms with Gasteiger partial charge in [-0.05, 0) is 47.7 Å². The molecule has 0 unspecified atom stereocenters. The maximum Gasteiger partial charge on any atom is 0.341 e. The van der Waals surface area contributed by atoms with Crippen LogP contribution in [0.1, 0.15) is 48.9 Å². The maximum absolute atomic E-state index is 14.8. The van der Waals surface area contributed by atoms with E-state index in [0.29, 0.717) is 23.3 Å². The molecule has 0 radical (unpaired) electrons. The Bertz CT molecular complexity index is 840. The van der Waals surface area contributed by atoms with Gasteiger partial charge in [-0.15, -0.1) is 0 Å². The van der Waals surface area contributed by atoms with Gasteiger partial charge in [0.25, 0.3) is 0 Å². The van der Waals surface area contributed by atoms with Gasteiger partial charge in [0.2, 0.25) is 0 Å². The van der Waals surface area contributed by atoms with Crippen molar-refractivity contribution in [3.63, 3.8) is 0 Å². The highest BCUT2D eigenvalue weighted by atomic mass is 19.1. The number of benzene rings is 2. The number of halogens is 1. The van der Waals surface area contributed by atoms with E-state index in [0.717, 1.165) is 16.7 Å². The summed E-state index contributed by atoms with van der Waals surface area (Å²) in [5.41, 5.74) is 3.18. The van der Waals surface area contributed by atoms with Crippen LogP contribution in [0.25, 0.3) is 5.57 Å². The Balaban J connectivity index is 2.39. The number of carboxylic acids is 1. The van der Waals surface area contributed by atoms with E-state index in [1.165, 1.54) is 6.07 Å². The highest BCUT2D eigenvalue weighted by Crippen LogP contribution is 2.32. The Kier molecular flexibility index (Phi) is 6.03. The number of rotatable bonds is 7. The molecule has 5 heteroatoms. The summed E-state index contributed by atoms with van der Waals surface area (Å²) in [6.07, 6.45) is 0.327. The first-order valence-electron chi connectivity index (χ1n) is 8.34. The fourth-order valence-electron chi connectivity index (χ4n) is 2.86. The molecule has 0 aliphatic carbocycles. The molecule has 0 atom stereocenters. The first-order valence-corrected chi connectivity index (χ1v) is 8.34. The minimum Gasteiger partial charge on any atom is -0.508 e. The molecule has 0 saturated heterocycles. The second-order valence-electron chi connectivity index (χ2n) is 6.58. The van der Waals surface area contributed by atoms with E-state index in [2.05, 4.69) is 6.58 Å². The molecule has 2 aromatic carbocycles. The van der Waals surface area contributed by atoms with Crippen molar-refractivity contribution in [1.29, 1.82) is 0 Å². The van der Waals surface area contributed by atoms with Crippen LogP contribution in [0.15, 0.2) is 36.9 Å². The Morgan fingerprint density at radius 3 is 2.46 bits per heavy atom. The molecular formula is C21H23FO4. The Hall–Kier alpha value is -2.82. The monoisotopic (exact) mass is 358 g/mol. The molecule has 0 aliphatic heterocycles. The molecule has 0 amide bonds. The first-order chi connectivity index (χ1) is 12.2. The lowest BCUT2D eigenvalue weighted by Gasteiger charge is -2.16. The van der Waals surface area contributed by atoms with E-state index in [4.69, 9.17) is 9.84 Å². The third-order valence-electron chi connectivity index (χ3n) is 4.10. The Morgan fingerprint density at radius 1 is 1.23 bits per heavy atom. The second kappa shape index (κ2) is 8.04. The Labute approximate surface area is 152 Å². The minimum absolute atomic E-state index is 0.0428. The smallest absolute Gasteiger partial charge is 0.341 e. The zero-order valence-electron chi connectivity index (χ0n) is 15.2. The van der Waals surface area contributed by atoms with Crippen LogP contribution in [-0.2, 0) is 11.2 Å². The minimum atomic E-state index is -1.06. The average Bonchev–Trinajstić information content (AvgIpc) is 2.55. The van der Waals surface area contributed by atoms with Gasteiger partial charge in [-0.1, -0.05) is 38.1 Å². The van der Waals surface area contributed by atoms with E-state index < -0.39 is 18.4 Å². The van der Waals surface area contributed by atoms with Crippen LogP contribution in [0, 0.1) is 5.82 Å². The van der Waals surface area contributed by atoms with Gasteiger partial charge in [0.05, 0.1) is 0 Å². The predicted molar refractivity (Wildman–Crippen MR) is 99.2 cm³/mol. The highest BCUT2D eigenvalue weighted by molar-refractivity contribution is 5.69. The fraction of sp³-hybridized carbons (Fsp3) is 0.286. The summed E-state index contributed by atoms with van der Waals surface area (Å²) < 4.78 is 20.0. The van der Waals surface area contributed by atoms with Gasteiger partial charge in [0.1, 0.15) is 17.3 Å². The number of allylic oxidation sites excluding steroid dienone is 1. The van der Waals surface area contributed by atoms with E-state index in [1.54, 1.807) is 24.3 Å². The number of aliphatic carboxylic acids is 1. The molecule has 26 heavy (non-hydrogen) atoms. The standard InChI is InChI=1S/C21H23FO4/c1-12(2)17-10-16(26-11-19(24)25)7-5-14(17)9-15-6-8-18(23)20(13(3)4)21(15)22/h5-8,10,13,23H,1,9,11H2,2-4H3,(H,24,25). The lowest BCUT2D eigenvalue weighted by molar-refractivity contribution is -0.139. The van der Waals surface area contributed by atoms with Crippen LogP contribution < -0.4 is 4.74 Å². The molecule has 0 spiro atoms. The van der Waals surface area contributed by atoms with Gasteiger partial charge in [-0.25, -0.2) is 9.18 Å².